The molecule has 2 aliphatic heterocycles. The van der Waals surface area contributed by atoms with Crippen LogP contribution in [0.15, 0.2) is 29.5 Å². The Bertz CT molecular complexity index is 1080. The molecule has 39 heavy (non-hydrogen) atoms. The molecule has 1 aromatic rings. The molecule has 1 saturated heterocycles. The van der Waals surface area contributed by atoms with Gasteiger partial charge in [-0.3, -0.25) is 14.6 Å². The van der Waals surface area contributed by atoms with E-state index in [1.807, 2.05) is 11.8 Å². The summed E-state index contributed by atoms with van der Waals surface area (Å²) in [5.74, 6) is 1.07. The summed E-state index contributed by atoms with van der Waals surface area (Å²) in [5, 5.41) is 3.00. The number of ether oxygens (including phenoxy) is 3. The Labute approximate surface area is 231 Å². The third-order valence-corrected chi connectivity index (χ3v) is 7.98. The van der Waals surface area contributed by atoms with Gasteiger partial charge >= 0.3 is 12.0 Å². The van der Waals surface area contributed by atoms with Crippen molar-refractivity contribution < 1.29 is 28.6 Å². The van der Waals surface area contributed by atoms with Crippen LogP contribution < -0.4 is 14.8 Å². The van der Waals surface area contributed by atoms with Crippen LogP contribution in [-0.2, 0) is 14.3 Å². The summed E-state index contributed by atoms with van der Waals surface area (Å²) in [6.45, 7) is 7.46. The average Bonchev–Trinajstić information content (AvgIpc) is 3.39. The fourth-order valence-electron chi connectivity index (χ4n) is 5.95. The SMILES string of the molecule is CCOC(=O)C1=C(CN2CCCN(C(=O)C3CCCC3)CC2)N(CC)C(=O)N[C@H]1c1cc(OC)ccc1OC. The topological polar surface area (TPSA) is 101 Å². The first kappa shape index (κ1) is 28.7. The minimum absolute atomic E-state index is 0.158. The zero-order valence-corrected chi connectivity index (χ0v) is 23.7. The minimum atomic E-state index is -0.771. The fourth-order valence-corrected chi connectivity index (χ4v) is 5.95. The van der Waals surface area contributed by atoms with Gasteiger partial charge in [0.2, 0.25) is 5.91 Å². The largest absolute Gasteiger partial charge is 0.497 e. The van der Waals surface area contributed by atoms with Crippen LogP contribution in [0.2, 0.25) is 0 Å². The van der Waals surface area contributed by atoms with Crippen LogP contribution in [0.5, 0.6) is 11.5 Å². The van der Waals surface area contributed by atoms with Gasteiger partial charge < -0.3 is 24.4 Å². The van der Waals surface area contributed by atoms with Gasteiger partial charge in [-0.25, -0.2) is 9.59 Å². The summed E-state index contributed by atoms with van der Waals surface area (Å²) in [6, 6.07) is 4.26. The third-order valence-electron chi connectivity index (χ3n) is 7.98. The van der Waals surface area contributed by atoms with Gasteiger partial charge in [0.05, 0.1) is 32.4 Å². The smallest absolute Gasteiger partial charge is 0.338 e. The van der Waals surface area contributed by atoms with Crippen molar-refractivity contribution in [2.45, 2.75) is 52.0 Å². The second-order valence-corrected chi connectivity index (χ2v) is 10.3. The predicted molar refractivity (Wildman–Crippen MR) is 146 cm³/mol. The standard InChI is InChI=1S/C29H42N4O6/c1-5-33-23(19-31-14-9-15-32(17-16-31)27(34)20-10-7-8-11-20)25(28(35)39-6-2)26(30-29(33)36)22-18-21(37-3)12-13-24(22)38-4/h12-13,18,20,26H,5-11,14-17,19H2,1-4H3,(H,30,36)/t26-/m0/s1. The fraction of sp³-hybridized carbons (Fsp3) is 0.621. The molecule has 0 radical (unpaired) electrons. The Kier molecular flexibility index (Phi) is 9.72. The highest BCUT2D eigenvalue weighted by molar-refractivity contribution is 5.95. The molecule has 10 nitrogen and oxygen atoms in total. The van der Waals surface area contributed by atoms with Crippen LogP contribution in [0.25, 0.3) is 0 Å². The first-order valence-corrected chi connectivity index (χ1v) is 14.1. The monoisotopic (exact) mass is 542 g/mol. The molecule has 2 heterocycles. The maximum absolute atomic E-state index is 13.5. The Hall–Kier alpha value is -3.27. The predicted octanol–water partition coefficient (Wildman–Crippen LogP) is 3.33. The number of nitrogens with one attached hydrogen (secondary N) is 1. The number of esters is 1. The first-order valence-electron chi connectivity index (χ1n) is 14.1. The number of methoxy groups -OCH3 is 2. The van der Waals surface area contributed by atoms with E-state index in [1.54, 1.807) is 44.2 Å². The normalized spacial score (nSPS) is 21.0. The molecule has 4 rings (SSSR count). The molecule has 2 fully saturated rings. The average molecular weight is 543 g/mol. The van der Waals surface area contributed by atoms with Crippen molar-refractivity contribution in [3.8, 4) is 11.5 Å². The number of carbonyl (C=O) groups is 3. The molecule has 3 amide bonds. The van der Waals surface area contributed by atoms with Crippen LogP contribution in [-0.4, -0.2) is 92.7 Å². The maximum Gasteiger partial charge on any atom is 0.338 e. The maximum atomic E-state index is 13.5. The minimum Gasteiger partial charge on any atom is -0.497 e. The van der Waals surface area contributed by atoms with E-state index in [0.717, 1.165) is 45.2 Å². The van der Waals surface area contributed by atoms with E-state index >= 15 is 0 Å². The van der Waals surface area contributed by atoms with Gasteiger partial charge in [0, 0.05) is 56.4 Å². The molecule has 1 N–H and O–H groups in total. The van der Waals surface area contributed by atoms with E-state index in [4.69, 9.17) is 14.2 Å². The van der Waals surface area contributed by atoms with Crippen molar-refractivity contribution in [3.63, 3.8) is 0 Å². The van der Waals surface area contributed by atoms with Crippen LogP contribution in [0.3, 0.4) is 0 Å². The number of carbonyl (C=O) groups excluding carboxylic acids is 3. The second kappa shape index (κ2) is 13.2. The zero-order chi connectivity index (χ0) is 27.9. The van der Waals surface area contributed by atoms with Crippen LogP contribution in [0, 0.1) is 5.92 Å². The lowest BCUT2D eigenvalue weighted by Crippen LogP contribution is -2.51. The number of hydrogen-bond donors (Lipinski definition) is 1. The molecule has 1 aliphatic carbocycles. The van der Waals surface area contributed by atoms with Crippen molar-refractivity contribution in [2.24, 2.45) is 5.92 Å². The lowest BCUT2D eigenvalue weighted by molar-refractivity contribution is -0.139. The van der Waals surface area contributed by atoms with Crippen molar-refractivity contribution in [2.75, 3.05) is 60.1 Å². The molecule has 1 aromatic carbocycles. The van der Waals surface area contributed by atoms with E-state index in [-0.39, 0.29) is 24.5 Å². The van der Waals surface area contributed by atoms with E-state index in [9.17, 15) is 14.4 Å². The molecular weight excluding hydrogens is 500 g/mol. The summed E-state index contributed by atoms with van der Waals surface area (Å²) in [4.78, 5) is 45.8. The number of benzene rings is 1. The molecular formula is C29H42N4O6. The van der Waals surface area contributed by atoms with Gasteiger partial charge in [0.15, 0.2) is 0 Å². The number of hydrogen-bond acceptors (Lipinski definition) is 7. The van der Waals surface area contributed by atoms with Crippen LogP contribution >= 0.6 is 0 Å². The van der Waals surface area contributed by atoms with E-state index in [2.05, 4.69) is 10.2 Å². The van der Waals surface area contributed by atoms with Gasteiger partial charge in [-0.05, 0) is 51.3 Å². The molecule has 0 unspecified atom stereocenters. The highest BCUT2D eigenvalue weighted by Gasteiger charge is 2.40. The van der Waals surface area contributed by atoms with Gasteiger partial charge in [-0.2, -0.15) is 0 Å². The molecule has 3 aliphatic rings. The summed E-state index contributed by atoms with van der Waals surface area (Å²) in [6.07, 6.45) is 5.09. The molecule has 0 bridgehead atoms. The van der Waals surface area contributed by atoms with Gasteiger partial charge in [0.25, 0.3) is 0 Å². The zero-order valence-electron chi connectivity index (χ0n) is 23.7. The van der Waals surface area contributed by atoms with Crippen LogP contribution in [0.1, 0.15) is 57.6 Å². The summed E-state index contributed by atoms with van der Waals surface area (Å²) < 4.78 is 16.6. The molecule has 10 heteroatoms. The van der Waals surface area contributed by atoms with Crippen molar-refractivity contribution in [3.05, 3.63) is 35.0 Å². The number of rotatable bonds is 9. The summed E-state index contributed by atoms with van der Waals surface area (Å²) in [7, 11) is 3.12. The third kappa shape index (κ3) is 6.32. The number of urea groups is 1. The highest BCUT2D eigenvalue weighted by atomic mass is 16.5. The number of nitrogens with zero attached hydrogens (tertiary/aromatic N) is 3. The molecule has 214 valence electrons. The van der Waals surface area contributed by atoms with Crippen molar-refractivity contribution in [1.82, 2.24) is 20.0 Å². The van der Waals surface area contributed by atoms with E-state index in [1.165, 1.54) is 0 Å². The Morgan fingerprint density at radius 3 is 2.44 bits per heavy atom. The Morgan fingerprint density at radius 1 is 1.00 bits per heavy atom. The van der Waals surface area contributed by atoms with Crippen LogP contribution in [0.4, 0.5) is 4.79 Å². The molecule has 0 spiro atoms. The van der Waals surface area contributed by atoms with Crippen molar-refractivity contribution in [1.29, 1.82) is 0 Å². The number of amides is 3. The highest BCUT2D eigenvalue weighted by Crippen LogP contribution is 2.38. The molecule has 0 aromatic heterocycles. The van der Waals surface area contributed by atoms with Gasteiger partial charge in [-0.1, -0.05) is 12.8 Å². The van der Waals surface area contributed by atoms with E-state index < -0.39 is 12.0 Å². The Balaban J connectivity index is 1.67. The van der Waals surface area contributed by atoms with Gasteiger partial charge in [0.1, 0.15) is 11.5 Å². The second-order valence-electron chi connectivity index (χ2n) is 10.3. The first-order chi connectivity index (χ1) is 18.9. The summed E-state index contributed by atoms with van der Waals surface area (Å²) in [5.41, 5.74) is 1.61. The number of likely N-dealkylation sites (N-methyl/N-ethyl adjacent to an activating group) is 1. The molecule has 1 atom stereocenters. The van der Waals surface area contributed by atoms with Crippen molar-refractivity contribution >= 4 is 17.9 Å². The quantitative estimate of drug-likeness (QED) is 0.478. The van der Waals surface area contributed by atoms with E-state index in [0.29, 0.717) is 54.5 Å². The molecule has 1 saturated carbocycles. The lowest BCUT2D eigenvalue weighted by Gasteiger charge is -2.38. The summed E-state index contributed by atoms with van der Waals surface area (Å²) >= 11 is 0. The lowest BCUT2D eigenvalue weighted by atomic mass is 9.93. The Morgan fingerprint density at radius 2 is 1.77 bits per heavy atom. The van der Waals surface area contributed by atoms with Gasteiger partial charge in [-0.15, -0.1) is 0 Å².